The van der Waals surface area contributed by atoms with Crippen LogP contribution in [0.2, 0.25) is 0 Å². The summed E-state index contributed by atoms with van der Waals surface area (Å²) < 4.78 is 28.6. The maximum atomic E-state index is 11.8. The molecule has 0 fully saturated rings. The average molecular weight is 264 g/mol. The van der Waals surface area contributed by atoms with Gasteiger partial charge in [-0.2, -0.15) is 0 Å². The summed E-state index contributed by atoms with van der Waals surface area (Å²) in [6, 6.07) is 6.70. The molecule has 0 aromatic heterocycles. The van der Waals surface area contributed by atoms with Gasteiger partial charge in [0.1, 0.15) is 5.75 Å². The van der Waals surface area contributed by atoms with Crippen LogP contribution in [-0.2, 0) is 10.0 Å². The maximum Gasteiger partial charge on any atom is 0.234 e. The van der Waals surface area contributed by atoms with Crippen molar-refractivity contribution in [1.82, 2.24) is 4.31 Å². The van der Waals surface area contributed by atoms with Gasteiger partial charge in [0.05, 0.1) is 7.11 Å². The van der Waals surface area contributed by atoms with Crippen LogP contribution in [0.5, 0.6) is 5.75 Å². The second kappa shape index (κ2) is 5.03. The van der Waals surface area contributed by atoms with E-state index < -0.39 is 14.7 Å². The van der Waals surface area contributed by atoms with Crippen molar-refractivity contribution in [3.05, 3.63) is 29.8 Å². The Morgan fingerprint density at radius 2 is 2.00 bits per heavy atom. The van der Waals surface area contributed by atoms with E-state index in [9.17, 15) is 8.42 Å². The molecule has 0 aliphatic heterocycles. The molecule has 6 heteroatoms. The first-order chi connectivity index (χ1) is 7.39. The predicted octanol–water partition coefficient (Wildman–Crippen LogP) is 1.82. The molecule has 1 unspecified atom stereocenters. The predicted molar refractivity (Wildman–Crippen MR) is 64.2 cm³/mol. The van der Waals surface area contributed by atoms with E-state index in [4.69, 9.17) is 16.3 Å². The van der Waals surface area contributed by atoms with Gasteiger partial charge in [-0.15, -0.1) is 0 Å². The second-order valence-electron chi connectivity index (χ2n) is 3.42. The van der Waals surface area contributed by atoms with Crippen LogP contribution < -0.4 is 4.74 Å². The van der Waals surface area contributed by atoms with Gasteiger partial charge in [-0.05, 0) is 17.7 Å². The van der Waals surface area contributed by atoms with Gasteiger partial charge in [-0.25, -0.2) is 12.7 Å². The van der Waals surface area contributed by atoms with Crippen molar-refractivity contribution in [3.63, 3.8) is 0 Å². The molecule has 1 rings (SSSR count). The molecule has 0 saturated carbocycles. The third-order valence-electron chi connectivity index (χ3n) is 2.13. The molecule has 1 aromatic rings. The summed E-state index contributed by atoms with van der Waals surface area (Å²) in [6.07, 6.45) is 0. The lowest BCUT2D eigenvalue weighted by molar-refractivity contribution is 0.414. The smallest absolute Gasteiger partial charge is 0.234 e. The number of hydrogen-bond donors (Lipinski definition) is 0. The van der Waals surface area contributed by atoms with Crippen LogP contribution in [-0.4, -0.2) is 33.9 Å². The summed E-state index contributed by atoms with van der Waals surface area (Å²) >= 11 is 5.94. The van der Waals surface area contributed by atoms with Gasteiger partial charge in [0.2, 0.25) is 10.0 Å². The minimum absolute atomic E-state index is 0.495. The Balaban J connectivity index is 3.10. The summed E-state index contributed by atoms with van der Waals surface area (Å²) in [5, 5.41) is 0. The van der Waals surface area contributed by atoms with Crippen molar-refractivity contribution in [1.29, 1.82) is 0 Å². The first-order valence-corrected chi connectivity index (χ1v) is 6.53. The first kappa shape index (κ1) is 13.3. The summed E-state index contributed by atoms with van der Waals surface area (Å²) in [7, 11) is 0.904. The van der Waals surface area contributed by atoms with Gasteiger partial charge < -0.3 is 4.74 Å². The number of sulfonamides is 1. The van der Waals surface area contributed by atoms with E-state index in [0.29, 0.717) is 11.3 Å². The Bertz CT molecular complexity index is 459. The zero-order chi connectivity index (χ0) is 12.3. The monoisotopic (exact) mass is 263 g/mol. The maximum absolute atomic E-state index is 11.8. The van der Waals surface area contributed by atoms with Crippen molar-refractivity contribution in [2.24, 2.45) is 0 Å². The summed E-state index contributed by atoms with van der Waals surface area (Å²) in [4.78, 5) is 0. The largest absolute Gasteiger partial charge is 0.497 e. The van der Waals surface area contributed by atoms with E-state index in [1.54, 1.807) is 24.3 Å². The standard InChI is InChI=1S/C10H14ClNO3S/c1-12(2)16(13,14)10(11)8-5-4-6-9(7-8)15-3/h4-7,10H,1-3H3. The van der Waals surface area contributed by atoms with Crippen molar-refractivity contribution in [3.8, 4) is 5.75 Å². The third-order valence-corrected chi connectivity index (χ3v) is 4.87. The zero-order valence-electron chi connectivity index (χ0n) is 9.34. The fourth-order valence-electron chi connectivity index (χ4n) is 1.14. The number of rotatable bonds is 4. The fraction of sp³-hybridized carbons (Fsp3) is 0.400. The number of nitrogens with zero attached hydrogens (tertiary/aromatic N) is 1. The van der Waals surface area contributed by atoms with E-state index in [-0.39, 0.29) is 0 Å². The number of benzene rings is 1. The molecule has 0 amide bonds. The first-order valence-electron chi connectivity index (χ1n) is 4.59. The van der Waals surface area contributed by atoms with Gasteiger partial charge in [0.15, 0.2) is 4.71 Å². The van der Waals surface area contributed by atoms with Gasteiger partial charge >= 0.3 is 0 Å². The molecule has 0 radical (unpaired) electrons. The molecule has 0 aliphatic rings. The van der Waals surface area contributed by atoms with Crippen molar-refractivity contribution in [2.75, 3.05) is 21.2 Å². The van der Waals surface area contributed by atoms with Crippen LogP contribution in [0.1, 0.15) is 10.3 Å². The summed E-state index contributed by atoms with van der Waals surface area (Å²) in [5.41, 5.74) is 0.495. The molecule has 0 spiro atoms. The Kier molecular flexibility index (Phi) is 4.18. The summed E-state index contributed by atoms with van der Waals surface area (Å²) in [6.45, 7) is 0. The van der Waals surface area contributed by atoms with E-state index in [1.165, 1.54) is 21.2 Å². The molecule has 1 atom stereocenters. The molecule has 1 aromatic carbocycles. The highest BCUT2D eigenvalue weighted by molar-refractivity contribution is 7.90. The van der Waals surface area contributed by atoms with Crippen molar-refractivity contribution in [2.45, 2.75) is 4.71 Å². The van der Waals surface area contributed by atoms with Gasteiger partial charge in [0, 0.05) is 14.1 Å². The minimum Gasteiger partial charge on any atom is -0.497 e. The molecule has 16 heavy (non-hydrogen) atoms. The van der Waals surface area contributed by atoms with Crippen LogP contribution in [0.15, 0.2) is 24.3 Å². The lowest BCUT2D eigenvalue weighted by Crippen LogP contribution is -2.25. The van der Waals surface area contributed by atoms with Crippen LogP contribution in [0.3, 0.4) is 0 Å². The molecule has 0 heterocycles. The number of alkyl halides is 1. The molecule has 0 aliphatic carbocycles. The minimum atomic E-state index is -3.51. The molecular weight excluding hydrogens is 250 g/mol. The van der Waals surface area contributed by atoms with Crippen LogP contribution in [0.4, 0.5) is 0 Å². The highest BCUT2D eigenvalue weighted by Crippen LogP contribution is 2.30. The topological polar surface area (TPSA) is 46.6 Å². The van der Waals surface area contributed by atoms with E-state index in [0.717, 1.165) is 4.31 Å². The normalized spacial score (nSPS) is 13.8. The van der Waals surface area contributed by atoms with Gasteiger partial charge in [0.25, 0.3) is 0 Å². The van der Waals surface area contributed by atoms with E-state index >= 15 is 0 Å². The second-order valence-corrected chi connectivity index (χ2v) is 6.35. The summed E-state index contributed by atoms with van der Waals surface area (Å²) in [5.74, 6) is 0.581. The van der Waals surface area contributed by atoms with Gasteiger partial charge in [-0.1, -0.05) is 23.7 Å². The highest BCUT2D eigenvalue weighted by atomic mass is 35.5. The molecule has 0 saturated heterocycles. The van der Waals surface area contributed by atoms with Gasteiger partial charge in [-0.3, -0.25) is 0 Å². The molecular formula is C10H14ClNO3S. The van der Waals surface area contributed by atoms with Crippen LogP contribution in [0.25, 0.3) is 0 Å². The van der Waals surface area contributed by atoms with E-state index in [2.05, 4.69) is 0 Å². The van der Waals surface area contributed by atoms with Crippen molar-refractivity contribution < 1.29 is 13.2 Å². The Labute approximate surface area is 101 Å². The lowest BCUT2D eigenvalue weighted by Gasteiger charge is -2.17. The third kappa shape index (κ3) is 2.66. The molecule has 4 nitrogen and oxygen atoms in total. The fourth-order valence-corrected chi connectivity index (χ4v) is 2.61. The lowest BCUT2D eigenvalue weighted by atomic mass is 10.2. The number of methoxy groups -OCH3 is 1. The molecule has 0 bridgehead atoms. The Morgan fingerprint density at radius 3 is 2.50 bits per heavy atom. The molecule has 90 valence electrons. The SMILES string of the molecule is COc1cccc(C(Cl)S(=O)(=O)N(C)C)c1. The highest BCUT2D eigenvalue weighted by Gasteiger charge is 2.27. The van der Waals surface area contributed by atoms with Crippen LogP contribution in [0, 0.1) is 0 Å². The number of ether oxygens (including phenoxy) is 1. The van der Waals surface area contributed by atoms with E-state index in [1.807, 2.05) is 0 Å². The quantitative estimate of drug-likeness (QED) is 0.779. The zero-order valence-corrected chi connectivity index (χ0v) is 10.9. The average Bonchev–Trinajstić information content (AvgIpc) is 2.27. The Hall–Kier alpha value is -0.780. The Morgan fingerprint density at radius 1 is 1.38 bits per heavy atom. The molecule has 0 N–H and O–H groups in total. The van der Waals surface area contributed by atoms with Crippen LogP contribution >= 0.6 is 11.6 Å². The number of hydrogen-bond acceptors (Lipinski definition) is 3. The van der Waals surface area contributed by atoms with Crippen molar-refractivity contribution >= 4 is 21.6 Å². The number of halogens is 1.